The molecule has 0 amide bonds. The normalized spacial score (nSPS) is 13.2. The molecule has 0 spiro atoms. The van der Waals surface area contributed by atoms with Crippen LogP contribution in [0.15, 0.2) is 11.4 Å². The number of nitrogens with zero attached hydrogens (tertiary/aromatic N) is 2. The summed E-state index contributed by atoms with van der Waals surface area (Å²) < 4.78 is 24.2. The fraction of sp³-hybridized carbons (Fsp3) is 0.333. The Morgan fingerprint density at radius 1 is 1.47 bits per heavy atom. The largest absolute Gasteiger partial charge is 0.385 e. The van der Waals surface area contributed by atoms with Gasteiger partial charge in [0.1, 0.15) is 16.8 Å². The third kappa shape index (κ3) is 2.59. The van der Waals surface area contributed by atoms with Gasteiger partial charge in [-0.25, -0.2) is 13.8 Å². The molecule has 0 aliphatic heterocycles. The summed E-state index contributed by atoms with van der Waals surface area (Å²) in [7, 11) is 0. The molecule has 2 heterocycles. The van der Waals surface area contributed by atoms with Crippen LogP contribution in [0.25, 0.3) is 10.2 Å². The third-order valence-corrected chi connectivity index (χ3v) is 2.92. The van der Waals surface area contributed by atoms with Crippen LogP contribution in [0.1, 0.15) is 0 Å². The Bertz CT molecular complexity index is 519. The summed E-state index contributed by atoms with van der Waals surface area (Å²) in [5.74, 6) is 0.419. The monoisotopic (exact) mass is 260 g/mol. The maximum atomic E-state index is 12.1. The van der Waals surface area contributed by atoms with Crippen molar-refractivity contribution < 1.29 is 13.9 Å². The van der Waals surface area contributed by atoms with Crippen molar-refractivity contribution in [3.63, 3.8) is 0 Å². The molecule has 0 aliphatic rings. The maximum absolute atomic E-state index is 12.1. The number of hydrogen-bond donors (Lipinski definition) is 3. The number of aromatic nitrogens is 2. The number of hydrogen-bond acceptors (Lipinski definition) is 6. The predicted octanol–water partition coefficient (Wildman–Crippen LogP) is 1.31. The van der Waals surface area contributed by atoms with Crippen LogP contribution < -0.4 is 11.1 Å². The molecule has 1 unspecified atom stereocenters. The molecule has 0 radical (unpaired) electrons. The molecule has 0 saturated heterocycles. The van der Waals surface area contributed by atoms with Crippen molar-refractivity contribution in [3.05, 3.63) is 11.4 Å². The van der Waals surface area contributed by atoms with E-state index in [4.69, 9.17) is 10.8 Å². The number of thiophene rings is 1. The van der Waals surface area contributed by atoms with Crippen LogP contribution in [0.4, 0.5) is 20.5 Å². The van der Waals surface area contributed by atoms with E-state index in [1.54, 1.807) is 11.4 Å². The highest BCUT2D eigenvalue weighted by Crippen LogP contribution is 2.25. The van der Waals surface area contributed by atoms with Crippen LogP contribution in [0.3, 0.4) is 0 Å². The first-order chi connectivity index (χ1) is 8.08. The summed E-state index contributed by atoms with van der Waals surface area (Å²) in [5, 5.41) is 14.1. The van der Waals surface area contributed by atoms with E-state index in [0.29, 0.717) is 16.0 Å². The Labute approximate surface area is 99.3 Å². The van der Waals surface area contributed by atoms with Gasteiger partial charge in [0.25, 0.3) is 6.43 Å². The van der Waals surface area contributed by atoms with Crippen molar-refractivity contribution in [1.29, 1.82) is 0 Å². The van der Waals surface area contributed by atoms with Crippen LogP contribution in [-0.4, -0.2) is 34.1 Å². The first-order valence-corrected chi connectivity index (χ1v) is 5.66. The predicted molar refractivity (Wildman–Crippen MR) is 62.3 cm³/mol. The van der Waals surface area contributed by atoms with Crippen molar-refractivity contribution in [2.45, 2.75) is 12.5 Å². The van der Waals surface area contributed by atoms with Crippen molar-refractivity contribution >= 4 is 33.3 Å². The highest BCUT2D eigenvalue weighted by atomic mass is 32.1. The van der Waals surface area contributed by atoms with Crippen molar-refractivity contribution in [1.82, 2.24) is 9.97 Å². The molecule has 0 aromatic carbocycles. The minimum atomic E-state index is -2.79. The van der Waals surface area contributed by atoms with E-state index in [-0.39, 0.29) is 12.5 Å². The fourth-order valence-corrected chi connectivity index (χ4v) is 2.07. The van der Waals surface area contributed by atoms with Gasteiger partial charge in [-0.2, -0.15) is 4.98 Å². The van der Waals surface area contributed by atoms with E-state index >= 15 is 0 Å². The number of nitrogens with one attached hydrogen (secondary N) is 1. The standard InChI is InChI=1S/C9H10F2N4OS/c10-6(11)5(16)3-13-7-4-1-2-17-8(4)15-9(12)14-7/h1-2,5-6,16H,3H2,(H3,12,13,14,15). The Morgan fingerprint density at radius 3 is 2.94 bits per heavy atom. The Hall–Kier alpha value is -1.54. The lowest BCUT2D eigenvalue weighted by molar-refractivity contribution is 0.00382. The molecular formula is C9H10F2N4OS. The molecule has 2 rings (SSSR count). The molecule has 1 atom stereocenters. The van der Waals surface area contributed by atoms with Crippen LogP contribution in [0.5, 0.6) is 0 Å². The van der Waals surface area contributed by atoms with E-state index < -0.39 is 12.5 Å². The molecule has 0 saturated carbocycles. The molecule has 92 valence electrons. The topological polar surface area (TPSA) is 84.1 Å². The average Bonchev–Trinajstić information content (AvgIpc) is 2.72. The van der Waals surface area contributed by atoms with E-state index in [9.17, 15) is 8.78 Å². The summed E-state index contributed by atoms with van der Waals surface area (Å²) in [6, 6.07) is 1.76. The number of halogens is 2. The summed E-state index contributed by atoms with van der Waals surface area (Å²) in [6.07, 6.45) is -4.53. The molecule has 5 nitrogen and oxygen atoms in total. The molecule has 2 aromatic heterocycles. The SMILES string of the molecule is Nc1nc(NCC(O)C(F)F)c2ccsc2n1. The number of anilines is 2. The van der Waals surface area contributed by atoms with Gasteiger partial charge in [0.2, 0.25) is 5.95 Å². The zero-order valence-electron chi connectivity index (χ0n) is 8.60. The summed E-state index contributed by atoms with van der Waals surface area (Å²) in [6.45, 7) is -0.293. The fourth-order valence-electron chi connectivity index (χ4n) is 1.30. The van der Waals surface area contributed by atoms with Gasteiger partial charge in [0, 0.05) is 6.54 Å². The second-order valence-electron chi connectivity index (χ2n) is 3.35. The number of fused-ring (bicyclic) bond motifs is 1. The van der Waals surface area contributed by atoms with Crippen LogP contribution in [-0.2, 0) is 0 Å². The maximum Gasteiger partial charge on any atom is 0.265 e. The second-order valence-corrected chi connectivity index (χ2v) is 4.25. The smallest absolute Gasteiger partial charge is 0.265 e. The van der Waals surface area contributed by atoms with E-state index in [2.05, 4.69) is 15.3 Å². The lowest BCUT2D eigenvalue weighted by Gasteiger charge is -2.11. The van der Waals surface area contributed by atoms with Gasteiger partial charge in [-0.15, -0.1) is 11.3 Å². The summed E-state index contributed by atoms with van der Waals surface area (Å²) >= 11 is 1.37. The molecule has 0 fully saturated rings. The molecule has 17 heavy (non-hydrogen) atoms. The Balaban J connectivity index is 2.20. The summed E-state index contributed by atoms with van der Waals surface area (Å²) in [5.41, 5.74) is 5.48. The van der Waals surface area contributed by atoms with Gasteiger partial charge in [0.15, 0.2) is 0 Å². The molecular weight excluding hydrogens is 250 g/mol. The zero-order valence-corrected chi connectivity index (χ0v) is 9.42. The van der Waals surface area contributed by atoms with Gasteiger partial charge in [0.05, 0.1) is 5.39 Å². The molecule has 4 N–H and O–H groups in total. The zero-order chi connectivity index (χ0) is 12.4. The van der Waals surface area contributed by atoms with Crippen molar-refractivity contribution in [2.75, 3.05) is 17.6 Å². The first kappa shape index (κ1) is 11.9. The van der Waals surface area contributed by atoms with Gasteiger partial charge in [-0.1, -0.05) is 0 Å². The van der Waals surface area contributed by atoms with E-state index in [1.165, 1.54) is 11.3 Å². The van der Waals surface area contributed by atoms with E-state index in [1.807, 2.05) is 0 Å². The lowest BCUT2D eigenvalue weighted by atomic mass is 10.3. The van der Waals surface area contributed by atoms with Gasteiger partial charge in [-0.05, 0) is 11.4 Å². The van der Waals surface area contributed by atoms with Gasteiger partial charge in [-0.3, -0.25) is 0 Å². The lowest BCUT2D eigenvalue weighted by Crippen LogP contribution is -2.27. The first-order valence-electron chi connectivity index (χ1n) is 4.78. The minimum absolute atomic E-state index is 0.0639. The van der Waals surface area contributed by atoms with Gasteiger partial charge >= 0.3 is 0 Å². The molecule has 0 bridgehead atoms. The molecule has 0 aliphatic carbocycles. The van der Waals surface area contributed by atoms with Crippen molar-refractivity contribution in [2.24, 2.45) is 0 Å². The van der Waals surface area contributed by atoms with Crippen molar-refractivity contribution in [3.8, 4) is 0 Å². The highest BCUT2D eigenvalue weighted by Gasteiger charge is 2.17. The van der Waals surface area contributed by atoms with E-state index in [0.717, 1.165) is 0 Å². The Morgan fingerprint density at radius 2 is 2.24 bits per heavy atom. The number of alkyl halides is 2. The number of aliphatic hydroxyl groups excluding tert-OH is 1. The average molecular weight is 260 g/mol. The number of nitrogen functional groups attached to an aromatic ring is 1. The number of rotatable bonds is 4. The van der Waals surface area contributed by atoms with Crippen LogP contribution >= 0.6 is 11.3 Å². The quantitative estimate of drug-likeness (QED) is 0.772. The minimum Gasteiger partial charge on any atom is -0.385 e. The van der Waals surface area contributed by atoms with Gasteiger partial charge < -0.3 is 16.2 Å². The highest BCUT2D eigenvalue weighted by molar-refractivity contribution is 7.16. The van der Waals surface area contributed by atoms with Crippen LogP contribution in [0.2, 0.25) is 0 Å². The number of nitrogens with two attached hydrogens (primary N) is 1. The molecule has 2 aromatic rings. The third-order valence-electron chi connectivity index (χ3n) is 2.11. The second kappa shape index (κ2) is 4.76. The molecule has 8 heteroatoms. The van der Waals surface area contributed by atoms with Crippen LogP contribution in [0, 0.1) is 0 Å². The Kier molecular flexibility index (Phi) is 3.34. The number of aliphatic hydroxyl groups is 1. The summed E-state index contributed by atoms with van der Waals surface area (Å²) in [4.78, 5) is 8.58.